The minimum atomic E-state index is -0.0436. The number of rotatable bonds is 7. The summed E-state index contributed by atoms with van der Waals surface area (Å²) < 4.78 is 0. The maximum absolute atomic E-state index is 12.4. The predicted octanol–water partition coefficient (Wildman–Crippen LogP) is 3.21. The van der Waals surface area contributed by atoms with E-state index in [1.807, 2.05) is 43.3 Å². The van der Waals surface area contributed by atoms with Crippen LogP contribution < -0.4 is 20.9 Å². The quantitative estimate of drug-likeness (QED) is 0.453. The van der Waals surface area contributed by atoms with Crippen LogP contribution in [0, 0.1) is 0 Å². The molecule has 0 spiro atoms. The molecule has 8 heteroatoms. The van der Waals surface area contributed by atoms with Crippen LogP contribution >= 0.6 is 11.6 Å². The van der Waals surface area contributed by atoms with Crippen molar-refractivity contribution in [1.82, 2.24) is 20.9 Å². The first-order chi connectivity index (χ1) is 15.0. The standard InChI is InChI=1S/C23H31ClN6O/c1-4-16(2)28-22(31)18-8-5-7-17(13-18)14-27-23(25-3)29-19-10-12-30(15-19)21-20(24)9-6-11-26-21/h5-9,11,13,16,19H,4,10,12,14-15H2,1-3H3,(H,28,31)(H2,25,27,29). The van der Waals surface area contributed by atoms with E-state index in [0.29, 0.717) is 17.1 Å². The van der Waals surface area contributed by atoms with Gasteiger partial charge in [0.2, 0.25) is 0 Å². The summed E-state index contributed by atoms with van der Waals surface area (Å²) in [6.07, 6.45) is 3.64. The largest absolute Gasteiger partial charge is 0.353 e. The highest BCUT2D eigenvalue weighted by molar-refractivity contribution is 6.32. The van der Waals surface area contributed by atoms with Crippen molar-refractivity contribution in [2.24, 2.45) is 4.99 Å². The normalized spacial score (nSPS) is 17.4. The number of hydrogen-bond acceptors (Lipinski definition) is 4. The molecule has 2 unspecified atom stereocenters. The topological polar surface area (TPSA) is 81.6 Å². The molecule has 2 heterocycles. The third-order valence-corrected chi connectivity index (χ3v) is 5.73. The van der Waals surface area contributed by atoms with E-state index in [9.17, 15) is 4.79 Å². The summed E-state index contributed by atoms with van der Waals surface area (Å²) in [4.78, 5) is 23.3. The molecule has 166 valence electrons. The van der Waals surface area contributed by atoms with Gasteiger partial charge in [0.25, 0.3) is 5.91 Å². The monoisotopic (exact) mass is 442 g/mol. The van der Waals surface area contributed by atoms with Gasteiger partial charge in [-0.25, -0.2) is 4.98 Å². The number of aromatic nitrogens is 1. The molecule has 2 aromatic rings. The predicted molar refractivity (Wildman–Crippen MR) is 127 cm³/mol. The van der Waals surface area contributed by atoms with Crippen molar-refractivity contribution >= 4 is 29.3 Å². The molecule has 1 saturated heterocycles. The number of carbonyl (C=O) groups is 1. The average Bonchev–Trinajstić information content (AvgIpc) is 3.25. The number of guanidine groups is 1. The van der Waals surface area contributed by atoms with Gasteiger partial charge >= 0.3 is 0 Å². The van der Waals surface area contributed by atoms with E-state index in [1.165, 1.54) is 0 Å². The Labute approximate surface area is 189 Å². The summed E-state index contributed by atoms with van der Waals surface area (Å²) in [6.45, 7) is 6.33. The molecule has 31 heavy (non-hydrogen) atoms. The lowest BCUT2D eigenvalue weighted by molar-refractivity contribution is 0.0939. The Morgan fingerprint density at radius 1 is 1.35 bits per heavy atom. The van der Waals surface area contributed by atoms with Gasteiger partial charge in [-0.2, -0.15) is 0 Å². The first-order valence-corrected chi connectivity index (χ1v) is 11.1. The molecule has 0 saturated carbocycles. The maximum atomic E-state index is 12.4. The van der Waals surface area contributed by atoms with Crippen LogP contribution in [-0.4, -0.2) is 49.1 Å². The highest BCUT2D eigenvalue weighted by atomic mass is 35.5. The van der Waals surface area contributed by atoms with Crippen LogP contribution in [-0.2, 0) is 6.54 Å². The summed E-state index contributed by atoms with van der Waals surface area (Å²) in [6, 6.07) is 11.8. The lowest BCUT2D eigenvalue weighted by atomic mass is 10.1. The second kappa shape index (κ2) is 11.0. The van der Waals surface area contributed by atoms with Gasteiger partial charge in [0.1, 0.15) is 5.82 Å². The molecular formula is C23H31ClN6O. The van der Waals surface area contributed by atoms with Crippen molar-refractivity contribution < 1.29 is 4.79 Å². The number of aliphatic imine (C=N–C) groups is 1. The molecule has 0 bridgehead atoms. The van der Waals surface area contributed by atoms with Crippen molar-refractivity contribution in [2.75, 3.05) is 25.0 Å². The van der Waals surface area contributed by atoms with E-state index < -0.39 is 0 Å². The molecule has 1 amide bonds. The van der Waals surface area contributed by atoms with Gasteiger partial charge in [-0.3, -0.25) is 9.79 Å². The Hall–Kier alpha value is -2.80. The molecule has 2 atom stereocenters. The zero-order valence-corrected chi connectivity index (χ0v) is 19.1. The minimum absolute atomic E-state index is 0.0436. The lowest BCUT2D eigenvalue weighted by Gasteiger charge is -2.20. The SMILES string of the molecule is CCC(C)NC(=O)c1cccc(CNC(=NC)NC2CCN(c3ncccc3Cl)C2)c1. The van der Waals surface area contributed by atoms with Crippen LogP contribution in [0.5, 0.6) is 0 Å². The van der Waals surface area contributed by atoms with Gasteiger partial charge in [-0.05, 0) is 49.6 Å². The Morgan fingerprint density at radius 2 is 2.19 bits per heavy atom. The van der Waals surface area contributed by atoms with E-state index in [0.717, 1.165) is 43.3 Å². The molecular weight excluding hydrogens is 412 g/mol. The highest BCUT2D eigenvalue weighted by Gasteiger charge is 2.25. The minimum Gasteiger partial charge on any atom is -0.353 e. The number of anilines is 1. The number of benzene rings is 1. The number of halogens is 1. The number of nitrogens with one attached hydrogen (secondary N) is 3. The van der Waals surface area contributed by atoms with Crippen LogP contribution in [0.3, 0.4) is 0 Å². The Balaban J connectivity index is 1.53. The van der Waals surface area contributed by atoms with Gasteiger partial charge in [0, 0.05) is 50.5 Å². The summed E-state index contributed by atoms with van der Waals surface area (Å²) in [5.74, 6) is 1.51. The Kier molecular flexibility index (Phi) is 8.12. The zero-order chi connectivity index (χ0) is 22.2. The molecule has 0 aliphatic carbocycles. The summed E-state index contributed by atoms with van der Waals surface area (Å²) in [5.41, 5.74) is 1.69. The van der Waals surface area contributed by atoms with E-state index in [-0.39, 0.29) is 18.0 Å². The van der Waals surface area contributed by atoms with Crippen molar-refractivity contribution in [1.29, 1.82) is 0 Å². The summed E-state index contributed by atoms with van der Waals surface area (Å²) >= 11 is 6.28. The fourth-order valence-electron chi connectivity index (χ4n) is 3.49. The number of hydrogen-bond donors (Lipinski definition) is 3. The molecule has 3 rings (SSSR count). The van der Waals surface area contributed by atoms with Crippen LogP contribution in [0.4, 0.5) is 5.82 Å². The third-order valence-electron chi connectivity index (χ3n) is 5.43. The Morgan fingerprint density at radius 3 is 2.94 bits per heavy atom. The van der Waals surface area contributed by atoms with E-state index in [1.54, 1.807) is 13.2 Å². The highest BCUT2D eigenvalue weighted by Crippen LogP contribution is 2.25. The maximum Gasteiger partial charge on any atom is 0.251 e. The molecule has 1 aromatic heterocycles. The number of carbonyl (C=O) groups excluding carboxylic acids is 1. The summed E-state index contributed by atoms with van der Waals surface area (Å²) in [7, 11) is 1.76. The number of pyridine rings is 1. The smallest absolute Gasteiger partial charge is 0.251 e. The van der Waals surface area contributed by atoms with Gasteiger partial charge in [-0.1, -0.05) is 30.7 Å². The van der Waals surface area contributed by atoms with Crippen LogP contribution in [0.2, 0.25) is 5.02 Å². The first kappa shape index (κ1) is 22.9. The molecule has 1 aromatic carbocycles. The van der Waals surface area contributed by atoms with E-state index in [4.69, 9.17) is 11.6 Å². The van der Waals surface area contributed by atoms with Crippen molar-refractivity contribution in [3.8, 4) is 0 Å². The van der Waals surface area contributed by atoms with Crippen LogP contribution in [0.1, 0.15) is 42.6 Å². The lowest BCUT2D eigenvalue weighted by Crippen LogP contribution is -2.44. The van der Waals surface area contributed by atoms with Crippen molar-refractivity contribution in [3.63, 3.8) is 0 Å². The van der Waals surface area contributed by atoms with E-state index in [2.05, 4.69) is 37.8 Å². The second-order valence-corrected chi connectivity index (χ2v) is 8.20. The molecule has 7 nitrogen and oxygen atoms in total. The molecule has 0 radical (unpaired) electrons. The first-order valence-electron chi connectivity index (χ1n) is 10.7. The second-order valence-electron chi connectivity index (χ2n) is 7.79. The third kappa shape index (κ3) is 6.34. The van der Waals surface area contributed by atoms with Crippen LogP contribution in [0.15, 0.2) is 47.6 Å². The van der Waals surface area contributed by atoms with Gasteiger partial charge in [0.15, 0.2) is 5.96 Å². The fraction of sp³-hybridized carbons (Fsp3) is 0.435. The number of nitrogens with zero attached hydrogens (tertiary/aromatic N) is 3. The average molecular weight is 443 g/mol. The van der Waals surface area contributed by atoms with Crippen molar-refractivity contribution in [3.05, 3.63) is 58.7 Å². The van der Waals surface area contributed by atoms with E-state index >= 15 is 0 Å². The van der Waals surface area contributed by atoms with Gasteiger partial charge < -0.3 is 20.9 Å². The van der Waals surface area contributed by atoms with Crippen molar-refractivity contribution in [2.45, 2.75) is 45.3 Å². The number of amides is 1. The fourth-order valence-corrected chi connectivity index (χ4v) is 3.73. The molecule has 1 aliphatic heterocycles. The van der Waals surface area contributed by atoms with Gasteiger partial charge in [-0.15, -0.1) is 0 Å². The molecule has 1 fully saturated rings. The zero-order valence-electron chi connectivity index (χ0n) is 18.4. The van der Waals surface area contributed by atoms with Crippen LogP contribution in [0.25, 0.3) is 0 Å². The van der Waals surface area contributed by atoms with Gasteiger partial charge in [0.05, 0.1) is 5.02 Å². The molecule has 3 N–H and O–H groups in total. The summed E-state index contributed by atoms with van der Waals surface area (Å²) in [5, 5.41) is 10.5. The molecule has 1 aliphatic rings. The Bertz CT molecular complexity index is 918.